The summed E-state index contributed by atoms with van der Waals surface area (Å²) in [4.78, 5) is 26.3. The summed E-state index contributed by atoms with van der Waals surface area (Å²) >= 11 is 0. The zero-order chi connectivity index (χ0) is 15.1. The van der Waals surface area contributed by atoms with Crippen LogP contribution in [0.5, 0.6) is 0 Å². The van der Waals surface area contributed by atoms with E-state index in [1.54, 1.807) is 0 Å². The standard InChI is InChI=1S/C16H27NO3/c1-15(2)13(16(15,3)4)14(19)17-9-7-6-8-11(17)10-12(18)20-5/h11,13H,6-10H2,1-5H3. The highest BCUT2D eigenvalue weighted by molar-refractivity contribution is 5.85. The van der Waals surface area contributed by atoms with Gasteiger partial charge in [-0.05, 0) is 30.1 Å². The number of carbonyl (C=O) groups excluding carboxylic acids is 2. The van der Waals surface area contributed by atoms with Crippen molar-refractivity contribution in [3.05, 3.63) is 0 Å². The lowest BCUT2D eigenvalue weighted by atomic mass is 9.97. The minimum atomic E-state index is -0.219. The number of esters is 1. The van der Waals surface area contributed by atoms with E-state index in [1.165, 1.54) is 7.11 Å². The molecule has 0 spiro atoms. The van der Waals surface area contributed by atoms with Crippen LogP contribution in [-0.2, 0) is 14.3 Å². The number of rotatable bonds is 3. The number of amides is 1. The lowest BCUT2D eigenvalue weighted by Crippen LogP contribution is -2.46. The zero-order valence-corrected chi connectivity index (χ0v) is 13.4. The first-order valence-corrected chi connectivity index (χ1v) is 7.60. The molecule has 2 aliphatic rings. The van der Waals surface area contributed by atoms with Crippen molar-refractivity contribution in [1.29, 1.82) is 0 Å². The van der Waals surface area contributed by atoms with E-state index in [-0.39, 0.29) is 34.7 Å². The van der Waals surface area contributed by atoms with Crippen molar-refractivity contribution in [1.82, 2.24) is 4.90 Å². The van der Waals surface area contributed by atoms with Crippen molar-refractivity contribution >= 4 is 11.9 Å². The highest BCUT2D eigenvalue weighted by Crippen LogP contribution is 2.69. The van der Waals surface area contributed by atoms with E-state index in [0.717, 1.165) is 25.8 Å². The number of ether oxygens (including phenoxy) is 1. The molecule has 4 heteroatoms. The first-order chi connectivity index (χ1) is 9.23. The van der Waals surface area contributed by atoms with Crippen LogP contribution in [0.1, 0.15) is 53.4 Å². The number of hydrogen-bond acceptors (Lipinski definition) is 3. The summed E-state index contributed by atoms with van der Waals surface area (Å²) in [6.45, 7) is 9.43. The lowest BCUT2D eigenvalue weighted by molar-refractivity contribution is -0.145. The Hall–Kier alpha value is -1.06. The molecule has 0 radical (unpaired) electrons. The summed E-state index contributed by atoms with van der Waals surface area (Å²) < 4.78 is 4.76. The summed E-state index contributed by atoms with van der Waals surface area (Å²) in [5.74, 6) is 0.0888. The Morgan fingerprint density at radius 3 is 2.25 bits per heavy atom. The Morgan fingerprint density at radius 1 is 1.15 bits per heavy atom. The molecule has 20 heavy (non-hydrogen) atoms. The van der Waals surface area contributed by atoms with Gasteiger partial charge in [0.1, 0.15) is 0 Å². The van der Waals surface area contributed by atoms with Gasteiger partial charge >= 0.3 is 5.97 Å². The summed E-state index contributed by atoms with van der Waals surface area (Å²) in [5.41, 5.74) is 0.106. The summed E-state index contributed by atoms with van der Waals surface area (Å²) in [6, 6.07) is 0.0240. The van der Waals surface area contributed by atoms with Crippen LogP contribution in [0, 0.1) is 16.7 Å². The predicted molar refractivity (Wildman–Crippen MR) is 77.0 cm³/mol. The van der Waals surface area contributed by atoms with Gasteiger partial charge in [0.15, 0.2) is 0 Å². The van der Waals surface area contributed by atoms with Gasteiger partial charge in [0.05, 0.1) is 13.5 Å². The largest absolute Gasteiger partial charge is 0.469 e. The van der Waals surface area contributed by atoms with Crippen LogP contribution in [0.25, 0.3) is 0 Å². The smallest absolute Gasteiger partial charge is 0.307 e. The topological polar surface area (TPSA) is 46.6 Å². The van der Waals surface area contributed by atoms with E-state index in [0.29, 0.717) is 6.42 Å². The fourth-order valence-corrected chi connectivity index (χ4v) is 3.76. The summed E-state index contributed by atoms with van der Waals surface area (Å²) in [6.07, 6.45) is 3.37. The molecular weight excluding hydrogens is 254 g/mol. The Labute approximate surface area is 121 Å². The molecule has 0 aromatic rings. The Bertz CT molecular complexity index is 400. The van der Waals surface area contributed by atoms with Gasteiger partial charge in [0.2, 0.25) is 5.91 Å². The van der Waals surface area contributed by atoms with Crippen molar-refractivity contribution in [3.63, 3.8) is 0 Å². The number of hydrogen-bond donors (Lipinski definition) is 0. The van der Waals surface area contributed by atoms with Crippen molar-refractivity contribution in [2.24, 2.45) is 16.7 Å². The predicted octanol–water partition coefficient (Wildman–Crippen LogP) is 2.61. The fourth-order valence-electron chi connectivity index (χ4n) is 3.76. The summed E-state index contributed by atoms with van der Waals surface area (Å²) in [7, 11) is 1.41. The number of piperidine rings is 1. The molecule has 1 aliphatic heterocycles. The molecule has 1 aliphatic carbocycles. The molecule has 114 valence electrons. The minimum absolute atomic E-state index is 0.0240. The molecule has 2 rings (SSSR count). The van der Waals surface area contributed by atoms with Crippen LogP contribution in [0.15, 0.2) is 0 Å². The second-order valence-corrected chi connectivity index (χ2v) is 7.34. The molecule has 0 N–H and O–H groups in total. The van der Waals surface area contributed by atoms with Crippen LogP contribution >= 0.6 is 0 Å². The van der Waals surface area contributed by atoms with Gasteiger partial charge in [-0.25, -0.2) is 0 Å². The molecule has 1 saturated carbocycles. The van der Waals surface area contributed by atoms with Crippen molar-refractivity contribution < 1.29 is 14.3 Å². The van der Waals surface area contributed by atoms with Crippen LogP contribution in [0.2, 0.25) is 0 Å². The maximum atomic E-state index is 12.8. The first-order valence-electron chi connectivity index (χ1n) is 7.60. The Morgan fingerprint density at radius 2 is 1.75 bits per heavy atom. The van der Waals surface area contributed by atoms with Crippen molar-refractivity contribution in [3.8, 4) is 0 Å². The number of nitrogens with zero attached hydrogens (tertiary/aromatic N) is 1. The average molecular weight is 281 g/mol. The SMILES string of the molecule is COC(=O)CC1CCCCN1C(=O)C1C(C)(C)C1(C)C. The monoisotopic (exact) mass is 281 g/mol. The molecule has 0 aromatic heterocycles. The van der Waals surface area contributed by atoms with Gasteiger partial charge in [0, 0.05) is 18.5 Å². The molecule has 0 aromatic carbocycles. The molecule has 2 fully saturated rings. The highest BCUT2D eigenvalue weighted by atomic mass is 16.5. The quantitative estimate of drug-likeness (QED) is 0.747. The van der Waals surface area contributed by atoms with E-state index >= 15 is 0 Å². The normalized spacial score (nSPS) is 28.1. The van der Waals surface area contributed by atoms with E-state index in [1.807, 2.05) is 4.90 Å². The second kappa shape index (κ2) is 5.05. The summed E-state index contributed by atoms with van der Waals surface area (Å²) in [5, 5.41) is 0. The molecule has 1 amide bonds. The van der Waals surface area contributed by atoms with Gasteiger partial charge in [0.25, 0.3) is 0 Å². The van der Waals surface area contributed by atoms with Gasteiger partial charge in [-0.1, -0.05) is 27.7 Å². The third kappa shape index (κ3) is 2.33. The zero-order valence-electron chi connectivity index (χ0n) is 13.4. The van der Waals surface area contributed by atoms with Crippen LogP contribution in [-0.4, -0.2) is 36.5 Å². The van der Waals surface area contributed by atoms with E-state index < -0.39 is 0 Å². The molecule has 0 bridgehead atoms. The first kappa shape index (κ1) is 15.3. The molecule has 4 nitrogen and oxygen atoms in total. The molecule has 1 unspecified atom stereocenters. The lowest BCUT2D eigenvalue weighted by Gasteiger charge is -2.36. The highest BCUT2D eigenvalue weighted by Gasteiger charge is 2.69. The van der Waals surface area contributed by atoms with Gasteiger partial charge in [-0.2, -0.15) is 0 Å². The van der Waals surface area contributed by atoms with Crippen LogP contribution < -0.4 is 0 Å². The van der Waals surface area contributed by atoms with Crippen LogP contribution in [0.3, 0.4) is 0 Å². The number of likely N-dealkylation sites (tertiary alicyclic amines) is 1. The third-order valence-electron chi connectivity index (χ3n) is 5.81. The average Bonchev–Trinajstić information content (AvgIpc) is 2.79. The molecule has 1 atom stereocenters. The third-order valence-corrected chi connectivity index (χ3v) is 5.81. The van der Waals surface area contributed by atoms with Gasteiger partial charge in [-0.15, -0.1) is 0 Å². The molecule has 1 saturated heterocycles. The van der Waals surface area contributed by atoms with E-state index in [4.69, 9.17) is 4.74 Å². The fraction of sp³-hybridized carbons (Fsp3) is 0.875. The maximum Gasteiger partial charge on any atom is 0.307 e. The Kier molecular flexibility index (Phi) is 3.87. The molecular formula is C16H27NO3. The van der Waals surface area contributed by atoms with E-state index in [2.05, 4.69) is 27.7 Å². The van der Waals surface area contributed by atoms with Gasteiger partial charge in [-0.3, -0.25) is 9.59 Å². The van der Waals surface area contributed by atoms with Crippen LogP contribution in [0.4, 0.5) is 0 Å². The Balaban J connectivity index is 2.09. The number of carbonyl (C=O) groups is 2. The maximum absolute atomic E-state index is 12.8. The molecule has 1 heterocycles. The van der Waals surface area contributed by atoms with E-state index in [9.17, 15) is 9.59 Å². The minimum Gasteiger partial charge on any atom is -0.469 e. The van der Waals surface area contributed by atoms with Gasteiger partial charge < -0.3 is 9.64 Å². The number of methoxy groups -OCH3 is 1. The second-order valence-electron chi connectivity index (χ2n) is 7.34. The van der Waals surface area contributed by atoms with Crippen molar-refractivity contribution in [2.75, 3.05) is 13.7 Å². The van der Waals surface area contributed by atoms with Crippen molar-refractivity contribution in [2.45, 2.75) is 59.4 Å².